The predicted molar refractivity (Wildman–Crippen MR) is 129 cm³/mol. The van der Waals surface area contributed by atoms with E-state index in [1.807, 2.05) is 0 Å². The average Bonchev–Trinajstić information content (AvgIpc) is 2.77. The maximum Gasteiger partial charge on any atom is 0.336 e. The summed E-state index contributed by atoms with van der Waals surface area (Å²) in [5, 5.41) is 0.243. The molecule has 3 rings (SSSR count). The highest BCUT2D eigenvalue weighted by Gasteiger charge is 2.52. The molecule has 5 atom stereocenters. The second-order valence-corrected chi connectivity index (χ2v) is 10.1. The van der Waals surface area contributed by atoms with Crippen molar-refractivity contribution in [3.05, 3.63) is 39.7 Å². The summed E-state index contributed by atoms with van der Waals surface area (Å²) in [6.45, 7) is 6.71. The normalized spacial score (nSPS) is 23.5. The van der Waals surface area contributed by atoms with Gasteiger partial charge in [0, 0.05) is 37.8 Å². The fraction of sp³-hybridized carbons (Fsp3) is 0.500. The Balaban J connectivity index is 2.08. The van der Waals surface area contributed by atoms with E-state index in [0.29, 0.717) is 6.42 Å². The van der Waals surface area contributed by atoms with Crippen molar-refractivity contribution in [1.29, 1.82) is 0 Å². The standard InChI is InChI=1S/C24H28O13S/c1-6-17-21(32-12(3)25)22(33-13(4)26)23(34-14(5)27)24(35-17)36-18-8-7-16-15(10-38(29,30)31)9-19(28)37-20(16)11(18)2/h7-9,17,21-24H,6,10H2,1-5H3,(H,29,30,31)/t17?,21-,22-,23?,24+/m1/s1. The van der Waals surface area contributed by atoms with Crippen LogP contribution in [0.1, 0.15) is 45.2 Å². The van der Waals surface area contributed by atoms with Gasteiger partial charge in [-0.3, -0.25) is 18.9 Å². The second kappa shape index (κ2) is 11.5. The topological polar surface area (TPSA) is 182 Å². The fourth-order valence-electron chi connectivity index (χ4n) is 4.26. The molecule has 0 aliphatic carbocycles. The lowest BCUT2D eigenvalue weighted by Crippen LogP contribution is -2.62. The molecule has 2 aromatic rings. The first-order valence-electron chi connectivity index (χ1n) is 11.6. The molecule has 38 heavy (non-hydrogen) atoms. The zero-order valence-electron chi connectivity index (χ0n) is 21.3. The predicted octanol–water partition coefficient (Wildman–Crippen LogP) is 1.80. The smallest absolute Gasteiger partial charge is 0.336 e. The molecule has 0 spiro atoms. The highest BCUT2D eigenvalue weighted by molar-refractivity contribution is 7.85. The van der Waals surface area contributed by atoms with Gasteiger partial charge in [0.15, 0.2) is 12.2 Å². The Labute approximate surface area is 217 Å². The maximum absolute atomic E-state index is 12.1. The summed E-state index contributed by atoms with van der Waals surface area (Å²) >= 11 is 0. The summed E-state index contributed by atoms with van der Waals surface area (Å²) in [5.41, 5.74) is -0.574. The summed E-state index contributed by atoms with van der Waals surface area (Å²) in [7, 11) is -4.45. The number of benzene rings is 1. The Hall–Kier alpha value is -3.49. The molecule has 2 unspecified atom stereocenters. The lowest BCUT2D eigenvalue weighted by molar-refractivity contribution is -0.284. The molecule has 1 aliphatic heterocycles. The first-order valence-corrected chi connectivity index (χ1v) is 13.2. The maximum atomic E-state index is 12.1. The molecule has 0 amide bonds. The van der Waals surface area contributed by atoms with Crippen LogP contribution in [0, 0.1) is 6.92 Å². The SMILES string of the molecule is CCC1O[C@@H](Oc2ccc3c(CS(=O)(=O)O)cc(=O)oc3c2C)C(OC(C)=O)[C@H](OC(C)=O)[C@@H]1OC(C)=O. The van der Waals surface area contributed by atoms with Crippen LogP contribution >= 0.6 is 0 Å². The van der Waals surface area contributed by atoms with Crippen LogP contribution in [0.15, 0.2) is 27.4 Å². The van der Waals surface area contributed by atoms with Gasteiger partial charge in [-0.05, 0) is 31.0 Å². The van der Waals surface area contributed by atoms with E-state index in [4.69, 9.17) is 28.1 Å². The van der Waals surface area contributed by atoms with E-state index >= 15 is 0 Å². The Morgan fingerprint density at radius 2 is 1.55 bits per heavy atom. The van der Waals surface area contributed by atoms with E-state index in [9.17, 15) is 32.1 Å². The summed E-state index contributed by atoms with van der Waals surface area (Å²) in [6, 6.07) is 3.83. The minimum atomic E-state index is -4.45. The second-order valence-electron chi connectivity index (χ2n) is 8.67. The molecule has 0 bridgehead atoms. The molecular formula is C24H28O13S. The third-order valence-electron chi connectivity index (χ3n) is 5.68. The summed E-state index contributed by atoms with van der Waals surface area (Å²) in [6.07, 6.45) is -5.62. The number of ether oxygens (including phenoxy) is 5. The van der Waals surface area contributed by atoms with Gasteiger partial charge in [-0.1, -0.05) is 6.92 Å². The zero-order valence-corrected chi connectivity index (χ0v) is 22.1. The number of fused-ring (bicyclic) bond motifs is 1. The van der Waals surface area contributed by atoms with Crippen molar-refractivity contribution >= 4 is 39.0 Å². The largest absolute Gasteiger partial charge is 0.460 e. The van der Waals surface area contributed by atoms with Crippen LogP contribution in [0.3, 0.4) is 0 Å². The van der Waals surface area contributed by atoms with Crippen molar-refractivity contribution in [3.8, 4) is 5.75 Å². The van der Waals surface area contributed by atoms with E-state index in [2.05, 4.69) is 0 Å². The molecule has 1 aromatic heterocycles. The van der Waals surface area contributed by atoms with Crippen LogP contribution in [-0.2, 0) is 49.2 Å². The van der Waals surface area contributed by atoms with Gasteiger partial charge in [-0.2, -0.15) is 8.42 Å². The number of aryl methyl sites for hydroxylation is 1. The van der Waals surface area contributed by atoms with Crippen molar-refractivity contribution < 1.29 is 55.5 Å². The molecule has 1 N–H and O–H groups in total. The number of esters is 3. The molecule has 1 saturated heterocycles. The number of hydrogen-bond acceptors (Lipinski definition) is 12. The molecule has 1 aliphatic rings. The fourth-order valence-corrected chi connectivity index (χ4v) is 4.89. The summed E-state index contributed by atoms with van der Waals surface area (Å²) in [4.78, 5) is 47.7. The Morgan fingerprint density at radius 1 is 0.974 bits per heavy atom. The van der Waals surface area contributed by atoms with E-state index in [-0.39, 0.29) is 27.8 Å². The van der Waals surface area contributed by atoms with Crippen LogP contribution in [0.2, 0.25) is 0 Å². The molecule has 208 valence electrons. The number of carbonyl (C=O) groups excluding carboxylic acids is 3. The number of hydrogen-bond donors (Lipinski definition) is 1. The Morgan fingerprint density at radius 3 is 2.11 bits per heavy atom. The third kappa shape index (κ3) is 6.88. The van der Waals surface area contributed by atoms with Gasteiger partial charge >= 0.3 is 23.5 Å². The molecule has 0 saturated carbocycles. The van der Waals surface area contributed by atoms with Gasteiger partial charge in [0.1, 0.15) is 23.2 Å². The van der Waals surface area contributed by atoms with Crippen LogP contribution in [0.4, 0.5) is 0 Å². The first kappa shape index (κ1) is 29.1. The zero-order chi connectivity index (χ0) is 28.4. The molecule has 1 fully saturated rings. The van der Waals surface area contributed by atoms with Gasteiger partial charge in [-0.25, -0.2) is 4.79 Å². The van der Waals surface area contributed by atoms with Crippen LogP contribution in [0.5, 0.6) is 5.75 Å². The Bertz CT molecular complexity index is 1390. The molecule has 2 heterocycles. The summed E-state index contributed by atoms with van der Waals surface area (Å²) < 4.78 is 65.6. The lowest BCUT2D eigenvalue weighted by atomic mass is 9.96. The van der Waals surface area contributed by atoms with E-state index in [1.54, 1.807) is 6.92 Å². The van der Waals surface area contributed by atoms with Crippen molar-refractivity contribution in [1.82, 2.24) is 0 Å². The molecule has 14 heteroatoms. The van der Waals surface area contributed by atoms with Gasteiger partial charge in [0.2, 0.25) is 12.4 Å². The summed E-state index contributed by atoms with van der Waals surface area (Å²) in [5.74, 6) is -2.85. The van der Waals surface area contributed by atoms with E-state index in [0.717, 1.165) is 19.9 Å². The van der Waals surface area contributed by atoms with Gasteiger partial charge < -0.3 is 28.1 Å². The van der Waals surface area contributed by atoms with Gasteiger partial charge in [-0.15, -0.1) is 0 Å². The Kier molecular flexibility index (Phi) is 8.79. The van der Waals surface area contributed by atoms with Gasteiger partial charge in [0.05, 0.1) is 0 Å². The average molecular weight is 557 g/mol. The molecule has 0 radical (unpaired) electrons. The van der Waals surface area contributed by atoms with Crippen molar-refractivity contribution in [2.24, 2.45) is 0 Å². The van der Waals surface area contributed by atoms with Crippen LogP contribution < -0.4 is 10.4 Å². The lowest BCUT2D eigenvalue weighted by Gasteiger charge is -2.44. The number of rotatable bonds is 8. The molecular weight excluding hydrogens is 528 g/mol. The number of carbonyl (C=O) groups is 3. The molecule has 13 nitrogen and oxygen atoms in total. The van der Waals surface area contributed by atoms with Crippen molar-refractivity contribution in [2.75, 3.05) is 0 Å². The van der Waals surface area contributed by atoms with Crippen molar-refractivity contribution in [2.45, 2.75) is 77.5 Å². The van der Waals surface area contributed by atoms with Crippen LogP contribution in [-0.4, -0.2) is 61.6 Å². The highest BCUT2D eigenvalue weighted by atomic mass is 32.2. The minimum absolute atomic E-state index is 0.00476. The minimum Gasteiger partial charge on any atom is -0.460 e. The van der Waals surface area contributed by atoms with Gasteiger partial charge in [0.25, 0.3) is 10.1 Å². The first-order chi connectivity index (χ1) is 17.7. The molecule has 1 aromatic carbocycles. The highest BCUT2D eigenvalue weighted by Crippen LogP contribution is 2.35. The quantitative estimate of drug-likeness (QED) is 0.215. The van der Waals surface area contributed by atoms with E-state index in [1.165, 1.54) is 26.0 Å². The monoisotopic (exact) mass is 556 g/mol. The van der Waals surface area contributed by atoms with Crippen molar-refractivity contribution in [3.63, 3.8) is 0 Å². The van der Waals surface area contributed by atoms with E-state index < -0.39 is 70.1 Å². The third-order valence-corrected chi connectivity index (χ3v) is 6.35. The van der Waals surface area contributed by atoms with Crippen LogP contribution in [0.25, 0.3) is 11.0 Å².